The fourth-order valence-electron chi connectivity index (χ4n) is 7.22. The van der Waals surface area contributed by atoms with Crippen molar-refractivity contribution in [2.45, 2.75) is 35.3 Å². The number of anilines is 2. The van der Waals surface area contributed by atoms with Crippen molar-refractivity contribution in [1.82, 2.24) is 19.6 Å². The molecule has 0 bridgehead atoms. The van der Waals surface area contributed by atoms with Crippen LogP contribution in [0.5, 0.6) is 11.5 Å². The summed E-state index contributed by atoms with van der Waals surface area (Å²) in [5.74, 6) is 2.82. The van der Waals surface area contributed by atoms with E-state index in [2.05, 4.69) is 20.8 Å². The maximum atomic E-state index is 13.9. The van der Waals surface area contributed by atoms with Crippen LogP contribution in [0.2, 0.25) is 0 Å². The second kappa shape index (κ2) is 17.8. The predicted molar refractivity (Wildman–Crippen MR) is 246 cm³/mol. The fraction of sp³-hybridized carbons (Fsp3) is 0.0833. The van der Waals surface area contributed by atoms with Crippen LogP contribution in [-0.2, 0) is 23.1 Å². The summed E-state index contributed by atoms with van der Waals surface area (Å²) in [7, 11) is -3.93. The van der Waals surface area contributed by atoms with Crippen molar-refractivity contribution in [2.24, 2.45) is 0 Å². The second-order valence-corrected chi connectivity index (χ2v) is 17.3. The maximum absolute atomic E-state index is 13.9. The third kappa shape index (κ3) is 8.92. The molecule has 2 N–H and O–H groups in total. The van der Waals surface area contributed by atoms with Crippen LogP contribution in [0.3, 0.4) is 0 Å². The van der Waals surface area contributed by atoms with E-state index in [4.69, 9.17) is 51.6 Å². The summed E-state index contributed by atoms with van der Waals surface area (Å²) in [5.41, 5.74) is 1.14. The molecule has 4 heterocycles. The Morgan fingerprint density at radius 2 is 0.938 bits per heavy atom. The molecule has 0 aliphatic heterocycles. The first-order valence-electron chi connectivity index (χ1n) is 20.2. The molecule has 324 valence electrons. The summed E-state index contributed by atoms with van der Waals surface area (Å²) in [6, 6.07) is 47.4. The number of rotatable bonds is 16. The van der Waals surface area contributed by atoms with Crippen molar-refractivity contribution in [3.8, 4) is 11.5 Å². The molecule has 0 aliphatic carbocycles. The highest BCUT2D eigenvalue weighted by Crippen LogP contribution is 2.30. The number of ether oxygens (including phenoxy) is 2. The first-order chi connectivity index (χ1) is 31.7. The van der Waals surface area contributed by atoms with Gasteiger partial charge in [0.2, 0.25) is 9.84 Å². The zero-order valence-electron chi connectivity index (χ0n) is 34.0. The van der Waals surface area contributed by atoms with E-state index < -0.39 is 22.2 Å². The Morgan fingerprint density at radius 3 is 1.34 bits per heavy atom. The third-order valence-electron chi connectivity index (χ3n) is 10.4. The number of nitrogens with one attached hydrogen (secondary N) is 2. The highest BCUT2D eigenvalue weighted by molar-refractivity contribution is 7.91. The van der Waals surface area contributed by atoms with Gasteiger partial charge in [0.15, 0.2) is 25.5 Å². The first-order valence-corrected chi connectivity index (χ1v) is 22.5. The number of aromatic nitrogens is 4. The molecule has 2 atom stereocenters. The van der Waals surface area contributed by atoms with Crippen molar-refractivity contribution in [2.75, 3.05) is 10.6 Å². The Balaban J connectivity index is 0.817. The Hall–Kier alpha value is -7.73. The molecule has 0 spiro atoms. The molecule has 0 saturated heterocycles. The monoisotopic (exact) mass is 920 g/mol. The van der Waals surface area contributed by atoms with Crippen molar-refractivity contribution in [1.29, 1.82) is 0 Å². The molecule has 2 unspecified atom stereocenters. The molecule has 10 aromatic rings. The van der Waals surface area contributed by atoms with Gasteiger partial charge >= 0.3 is 0 Å². The van der Waals surface area contributed by atoms with Gasteiger partial charge < -0.3 is 37.8 Å². The summed E-state index contributed by atoms with van der Waals surface area (Å²) in [6.07, 6.45) is 1.61. The summed E-state index contributed by atoms with van der Waals surface area (Å²) in [4.78, 5) is 0.343. The van der Waals surface area contributed by atoms with Gasteiger partial charge in [-0.1, -0.05) is 60.7 Å². The van der Waals surface area contributed by atoms with E-state index in [9.17, 15) is 8.42 Å². The van der Waals surface area contributed by atoms with Crippen LogP contribution in [0.4, 0.5) is 11.4 Å². The number of sulfone groups is 1. The van der Waals surface area contributed by atoms with Gasteiger partial charge in [-0.3, -0.25) is 0 Å². The van der Waals surface area contributed by atoms with E-state index in [-0.39, 0.29) is 44.5 Å². The molecular formula is C48H36N6O8S3. The van der Waals surface area contributed by atoms with Crippen LogP contribution in [0.15, 0.2) is 198 Å². The number of hydrogen-bond donors (Lipinski definition) is 2. The summed E-state index contributed by atoms with van der Waals surface area (Å²) in [5, 5.41) is 20.2. The standard InChI is InChI=1S/C48H36N6O8S3/c55-65(56,39-21-15-35(16-22-39)49-45(41-11-5-25-57-41)53-47(63)61-43(51-53)29-59-37-19-13-31-7-1-3-9-33(31)27-37)40-23-17-36(18-24-40)50-46(42-12-6-26-58-42)54-48(64)62-44(52-54)30-60-38-20-14-32-8-2-4-10-34(32)28-38/h1-28,45-46,49-50H,29-30H2. The minimum atomic E-state index is -3.93. The van der Waals surface area contributed by atoms with Crippen LogP contribution in [0.25, 0.3) is 21.5 Å². The second-order valence-electron chi connectivity index (χ2n) is 14.7. The van der Waals surface area contributed by atoms with Gasteiger partial charge in [0.05, 0.1) is 22.3 Å². The fourth-order valence-corrected chi connectivity index (χ4v) is 8.96. The quantitative estimate of drug-likeness (QED) is 0.0879. The zero-order chi connectivity index (χ0) is 44.3. The predicted octanol–water partition coefficient (Wildman–Crippen LogP) is 11.5. The molecule has 6 aromatic carbocycles. The van der Waals surface area contributed by atoms with Crippen LogP contribution in [0, 0.1) is 9.67 Å². The largest absolute Gasteiger partial charge is 0.484 e. The van der Waals surface area contributed by atoms with Crippen molar-refractivity contribution in [3.05, 3.63) is 203 Å². The van der Waals surface area contributed by atoms with E-state index >= 15 is 0 Å². The number of nitrogens with zero attached hydrogens (tertiary/aromatic N) is 4. The number of fused-ring (bicyclic) bond motifs is 2. The highest BCUT2D eigenvalue weighted by atomic mass is 32.2. The van der Waals surface area contributed by atoms with Gasteiger partial charge in [-0.2, -0.15) is 9.36 Å². The lowest BCUT2D eigenvalue weighted by atomic mass is 10.1. The lowest BCUT2D eigenvalue weighted by Crippen LogP contribution is -2.21. The third-order valence-corrected chi connectivity index (χ3v) is 12.8. The van der Waals surface area contributed by atoms with Gasteiger partial charge in [-0.25, -0.2) is 8.42 Å². The molecule has 10 rings (SSSR count). The van der Waals surface area contributed by atoms with Gasteiger partial charge in [0.25, 0.3) is 21.5 Å². The van der Waals surface area contributed by atoms with Crippen molar-refractivity contribution in [3.63, 3.8) is 0 Å². The topological polar surface area (TPSA) is 165 Å². The molecule has 0 saturated carbocycles. The molecule has 0 fully saturated rings. The highest BCUT2D eigenvalue weighted by Gasteiger charge is 2.25. The minimum Gasteiger partial charge on any atom is -0.484 e. The average Bonchev–Trinajstić information content (AvgIpc) is 4.19. The zero-order valence-corrected chi connectivity index (χ0v) is 36.5. The Labute approximate surface area is 381 Å². The van der Waals surface area contributed by atoms with E-state index in [1.165, 1.54) is 46.2 Å². The average molecular weight is 921 g/mol. The molecule has 0 aliphatic rings. The molecule has 4 aromatic heterocycles. The summed E-state index contributed by atoms with van der Waals surface area (Å²) < 4.78 is 65.8. The SMILES string of the molecule is O=S(=O)(c1ccc(NC(c2ccco2)n2nc(COc3ccc4ccccc4c3)oc2=S)cc1)c1ccc(NC(c2ccco2)n2nc(COc3ccc4ccccc4c3)oc2=S)cc1. The normalized spacial score (nSPS) is 12.6. The van der Waals surface area contributed by atoms with E-state index in [0.717, 1.165) is 21.5 Å². The van der Waals surface area contributed by atoms with Gasteiger partial charge in [0, 0.05) is 11.4 Å². The van der Waals surface area contributed by atoms with E-state index in [1.54, 1.807) is 48.5 Å². The summed E-state index contributed by atoms with van der Waals surface area (Å²) in [6.45, 7) is 0.0725. The molecule has 17 heteroatoms. The van der Waals surface area contributed by atoms with E-state index in [1.807, 2.05) is 84.9 Å². The number of benzene rings is 6. The molecule has 14 nitrogen and oxygen atoms in total. The van der Waals surface area contributed by atoms with Gasteiger partial charge in [-0.05, 0) is 143 Å². The van der Waals surface area contributed by atoms with E-state index in [0.29, 0.717) is 34.4 Å². The number of furan rings is 2. The lowest BCUT2D eigenvalue weighted by Gasteiger charge is -2.18. The lowest BCUT2D eigenvalue weighted by molar-refractivity contribution is 0.262. The smallest absolute Gasteiger partial charge is 0.289 e. The van der Waals surface area contributed by atoms with Gasteiger partial charge in [-0.15, -0.1) is 10.2 Å². The van der Waals surface area contributed by atoms with Crippen LogP contribution in [0.1, 0.15) is 35.6 Å². The number of hydrogen-bond acceptors (Lipinski definition) is 14. The van der Waals surface area contributed by atoms with Gasteiger partial charge in [0.1, 0.15) is 23.0 Å². The Morgan fingerprint density at radius 1 is 0.523 bits per heavy atom. The molecule has 65 heavy (non-hydrogen) atoms. The summed E-state index contributed by atoms with van der Waals surface area (Å²) >= 11 is 11.1. The molecule has 0 radical (unpaired) electrons. The first kappa shape index (κ1) is 41.3. The van der Waals surface area contributed by atoms with Crippen molar-refractivity contribution < 1.29 is 35.6 Å². The Bertz CT molecular complexity index is 3250. The minimum absolute atomic E-state index is 0.0363. The van der Waals surface area contributed by atoms with Crippen LogP contribution in [-0.4, -0.2) is 28.0 Å². The molecular weight excluding hydrogens is 885 g/mol. The Kier molecular flexibility index (Phi) is 11.3. The van der Waals surface area contributed by atoms with Crippen molar-refractivity contribution >= 4 is 67.2 Å². The molecule has 0 amide bonds. The van der Waals surface area contributed by atoms with Crippen LogP contribution >= 0.6 is 24.4 Å². The maximum Gasteiger partial charge on any atom is 0.289 e. The van der Waals surface area contributed by atoms with Crippen LogP contribution < -0.4 is 20.1 Å².